The number of aliphatic carboxylic acids is 1. The number of carbonyl (C=O) groups excluding carboxylic acids is 1. The second-order valence-electron chi connectivity index (χ2n) is 4.56. The Morgan fingerprint density at radius 3 is 2.29 bits per heavy atom. The van der Waals surface area contributed by atoms with Crippen molar-refractivity contribution in [1.82, 2.24) is 0 Å². The van der Waals surface area contributed by atoms with Gasteiger partial charge in [-0.15, -0.1) is 0 Å². The molecule has 0 aromatic heterocycles. The predicted octanol–water partition coefficient (Wildman–Crippen LogP) is 1.51. The normalized spacial score (nSPS) is 14.4. The topological polar surface area (TPSA) is 93.1 Å². The van der Waals surface area contributed by atoms with Gasteiger partial charge in [0.15, 0.2) is 6.29 Å². The zero-order valence-corrected chi connectivity index (χ0v) is 12.1. The number of ether oxygens (including phenoxy) is 2. The maximum atomic E-state index is 12.1. The number of hydrogen-bond acceptors (Lipinski definition) is 5. The summed E-state index contributed by atoms with van der Waals surface area (Å²) < 4.78 is 9.82. The van der Waals surface area contributed by atoms with Gasteiger partial charge >= 0.3 is 11.9 Å². The van der Waals surface area contributed by atoms with Crippen molar-refractivity contribution in [1.29, 1.82) is 0 Å². The minimum atomic E-state index is -1.30. The number of carboxylic acid groups (broad SMARTS) is 1. The average molecular weight is 294 g/mol. The Kier molecular flexibility index (Phi) is 6.08. The van der Waals surface area contributed by atoms with E-state index in [4.69, 9.17) is 14.6 Å². The number of carboxylic acids is 1. The van der Waals surface area contributed by atoms with Crippen molar-refractivity contribution in [3.05, 3.63) is 41.5 Å². The Morgan fingerprint density at radius 2 is 1.81 bits per heavy atom. The van der Waals surface area contributed by atoms with Crippen LogP contribution in [0.2, 0.25) is 0 Å². The largest absolute Gasteiger partial charge is 0.478 e. The molecule has 0 amide bonds. The van der Waals surface area contributed by atoms with E-state index in [1.807, 2.05) is 6.92 Å². The third kappa shape index (κ3) is 5.02. The van der Waals surface area contributed by atoms with Gasteiger partial charge in [0, 0.05) is 19.1 Å². The lowest BCUT2D eigenvalue weighted by atomic mass is 10.00. The predicted molar refractivity (Wildman–Crippen MR) is 74.7 cm³/mol. The SMILES string of the molecule is COC(O)C(C)/C(=C/C(=O)O)C(=O)Oc1ccc(C)cc1. The van der Waals surface area contributed by atoms with Crippen LogP contribution in [0.1, 0.15) is 12.5 Å². The Balaban J connectivity index is 2.95. The summed E-state index contributed by atoms with van der Waals surface area (Å²) in [5.74, 6) is -2.70. The number of carbonyl (C=O) groups is 2. The lowest BCUT2D eigenvalue weighted by Crippen LogP contribution is -2.28. The van der Waals surface area contributed by atoms with Crippen molar-refractivity contribution in [3.63, 3.8) is 0 Å². The van der Waals surface area contributed by atoms with Crippen molar-refractivity contribution >= 4 is 11.9 Å². The van der Waals surface area contributed by atoms with Crippen molar-refractivity contribution in [3.8, 4) is 5.75 Å². The van der Waals surface area contributed by atoms with Crippen LogP contribution in [0.5, 0.6) is 5.75 Å². The number of rotatable bonds is 6. The third-order valence-corrected chi connectivity index (χ3v) is 2.91. The van der Waals surface area contributed by atoms with Crippen molar-refractivity contribution < 1.29 is 29.3 Å². The molecule has 0 saturated heterocycles. The molecule has 2 N–H and O–H groups in total. The molecular formula is C15H18O6. The lowest BCUT2D eigenvalue weighted by Gasteiger charge is -2.19. The van der Waals surface area contributed by atoms with Crippen LogP contribution in [0.15, 0.2) is 35.9 Å². The smallest absolute Gasteiger partial charge is 0.340 e. The monoisotopic (exact) mass is 294 g/mol. The van der Waals surface area contributed by atoms with E-state index >= 15 is 0 Å². The first kappa shape index (κ1) is 16.9. The average Bonchev–Trinajstić information content (AvgIpc) is 2.45. The Labute approximate surface area is 122 Å². The van der Waals surface area contributed by atoms with E-state index < -0.39 is 24.1 Å². The summed E-state index contributed by atoms with van der Waals surface area (Å²) in [4.78, 5) is 22.9. The van der Waals surface area contributed by atoms with Gasteiger partial charge in [-0.25, -0.2) is 9.59 Å². The van der Waals surface area contributed by atoms with E-state index in [-0.39, 0.29) is 5.57 Å². The van der Waals surface area contributed by atoms with E-state index in [9.17, 15) is 14.7 Å². The standard InChI is InChI=1S/C15H18O6/c1-9-4-6-11(7-5-9)21-15(19)12(8-13(16)17)10(2)14(18)20-3/h4-8,10,14,18H,1-3H3,(H,16,17)/b12-8-. The van der Waals surface area contributed by atoms with E-state index in [1.54, 1.807) is 24.3 Å². The number of aliphatic hydroxyl groups excluding tert-OH is 1. The number of methoxy groups -OCH3 is 1. The van der Waals surface area contributed by atoms with Crippen LogP contribution in [-0.2, 0) is 14.3 Å². The first-order chi connectivity index (χ1) is 9.85. The van der Waals surface area contributed by atoms with Crippen LogP contribution in [0.4, 0.5) is 0 Å². The highest BCUT2D eigenvalue weighted by Gasteiger charge is 2.26. The number of aryl methyl sites for hydroxylation is 1. The zero-order chi connectivity index (χ0) is 16.0. The molecule has 2 atom stereocenters. The molecule has 0 aliphatic carbocycles. The molecule has 21 heavy (non-hydrogen) atoms. The molecular weight excluding hydrogens is 276 g/mol. The summed E-state index contributed by atoms with van der Waals surface area (Å²) in [6.07, 6.45) is -0.593. The van der Waals surface area contributed by atoms with Gasteiger partial charge in [0.2, 0.25) is 0 Å². The third-order valence-electron chi connectivity index (χ3n) is 2.91. The molecule has 6 heteroatoms. The van der Waals surface area contributed by atoms with Crippen LogP contribution < -0.4 is 4.74 Å². The molecule has 6 nitrogen and oxygen atoms in total. The molecule has 0 bridgehead atoms. The molecule has 1 aromatic rings. The van der Waals surface area contributed by atoms with Gasteiger partial charge in [0.05, 0.1) is 5.57 Å². The minimum absolute atomic E-state index is 0.183. The Hall–Kier alpha value is -2.18. The number of benzene rings is 1. The second-order valence-corrected chi connectivity index (χ2v) is 4.56. The molecule has 0 fully saturated rings. The highest BCUT2D eigenvalue weighted by molar-refractivity contribution is 5.97. The van der Waals surface area contributed by atoms with Gasteiger partial charge < -0.3 is 19.7 Å². The van der Waals surface area contributed by atoms with Crippen molar-refractivity contribution in [2.24, 2.45) is 5.92 Å². The fourth-order valence-corrected chi connectivity index (χ4v) is 1.64. The maximum Gasteiger partial charge on any atom is 0.340 e. The molecule has 0 aliphatic heterocycles. The Bertz CT molecular complexity index is 532. The van der Waals surface area contributed by atoms with Gasteiger partial charge in [-0.3, -0.25) is 0 Å². The molecule has 1 aromatic carbocycles. The van der Waals surface area contributed by atoms with Crippen molar-refractivity contribution in [2.75, 3.05) is 7.11 Å². The molecule has 0 heterocycles. The van der Waals surface area contributed by atoms with Crippen LogP contribution in [0.3, 0.4) is 0 Å². The minimum Gasteiger partial charge on any atom is -0.478 e. The highest BCUT2D eigenvalue weighted by Crippen LogP contribution is 2.20. The zero-order valence-electron chi connectivity index (χ0n) is 12.1. The maximum absolute atomic E-state index is 12.1. The van der Waals surface area contributed by atoms with E-state index in [2.05, 4.69) is 0 Å². The van der Waals surface area contributed by atoms with Gasteiger partial charge in [-0.2, -0.15) is 0 Å². The van der Waals surface area contributed by atoms with Crippen LogP contribution in [0.25, 0.3) is 0 Å². The summed E-state index contributed by atoms with van der Waals surface area (Å²) in [6.45, 7) is 3.36. The van der Waals surface area contributed by atoms with Crippen LogP contribution >= 0.6 is 0 Å². The van der Waals surface area contributed by atoms with E-state index in [1.165, 1.54) is 14.0 Å². The first-order valence-electron chi connectivity index (χ1n) is 6.29. The fraction of sp³-hybridized carbons (Fsp3) is 0.333. The number of hydrogen-bond donors (Lipinski definition) is 2. The van der Waals surface area contributed by atoms with Crippen LogP contribution in [0, 0.1) is 12.8 Å². The summed E-state index contributed by atoms with van der Waals surface area (Å²) in [5, 5.41) is 18.4. The number of aliphatic hydroxyl groups is 1. The summed E-state index contributed by atoms with van der Waals surface area (Å²) in [7, 11) is 1.25. The van der Waals surface area contributed by atoms with Gasteiger partial charge in [0.1, 0.15) is 5.75 Å². The Morgan fingerprint density at radius 1 is 1.24 bits per heavy atom. The number of esters is 1. The summed E-state index contributed by atoms with van der Waals surface area (Å²) in [5.41, 5.74) is 0.816. The molecule has 2 unspecified atom stereocenters. The molecule has 0 spiro atoms. The summed E-state index contributed by atoms with van der Waals surface area (Å²) >= 11 is 0. The summed E-state index contributed by atoms with van der Waals surface area (Å²) in [6, 6.07) is 6.72. The lowest BCUT2D eigenvalue weighted by molar-refractivity contribution is -0.137. The first-order valence-corrected chi connectivity index (χ1v) is 6.29. The second kappa shape index (κ2) is 7.56. The quantitative estimate of drug-likeness (QED) is 0.357. The van der Waals surface area contributed by atoms with E-state index in [0.717, 1.165) is 5.56 Å². The van der Waals surface area contributed by atoms with Crippen molar-refractivity contribution in [2.45, 2.75) is 20.1 Å². The highest BCUT2D eigenvalue weighted by atomic mass is 16.6. The van der Waals surface area contributed by atoms with E-state index in [0.29, 0.717) is 11.8 Å². The molecule has 114 valence electrons. The molecule has 0 aliphatic rings. The van der Waals surface area contributed by atoms with Gasteiger partial charge in [0.25, 0.3) is 0 Å². The molecule has 0 radical (unpaired) electrons. The molecule has 1 rings (SSSR count). The van der Waals surface area contributed by atoms with Crippen LogP contribution in [-0.4, -0.2) is 35.6 Å². The molecule has 0 saturated carbocycles. The fourth-order valence-electron chi connectivity index (χ4n) is 1.64. The van der Waals surface area contributed by atoms with Gasteiger partial charge in [-0.05, 0) is 19.1 Å². The van der Waals surface area contributed by atoms with Gasteiger partial charge in [-0.1, -0.05) is 24.6 Å².